The average molecular weight is 365 g/mol. The van der Waals surface area contributed by atoms with Crippen LogP contribution in [0.25, 0.3) is 28.2 Å². The number of hydrogen-bond acceptors (Lipinski definition) is 1. The predicted octanol–water partition coefficient (Wildman–Crippen LogP) is 6.51. The van der Waals surface area contributed by atoms with Gasteiger partial charge in [0.2, 0.25) is 0 Å². The fraction of sp³-hybridized carbons (Fsp3) is 0. The van der Waals surface area contributed by atoms with Gasteiger partial charge in [0.25, 0.3) is 0 Å². The van der Waals surface area contributed by atoms with Crippen LogP contribution in [-0.4, -0.2) is 9.78 Å². The van der Waals surface area contributed by atoms with Crippen molar-refractivity contribution < 1.29 is 0 Å². The molecule has 4 aromatic rings. The summed E-state index contributed by atoms with van der Waals surface area (Å²) in [4.78, 5) is 0. The van der Waals surface area contributed by atoms with E-state index in [9.17, 15) is 0 Å². The molecule has 0 spiro atoms. The van der Waals surface area contributed by atoms with E-state index in [2.05, 4.69) is 6.07 Å². The van der Waals surface area contributed by atoms with Crippen LogP contribution in [0.1, 0.15) is 0 Å². The molecule has 0 saturated carbocycles. The summed E-state index contributed by atoms with van der Waals surface area (Å²) in [6.07, 6.45) is 0. The molecule has 2 nitrogen and oxygen atoms in total. The van der Waals surface area contributed by atoms with Crippen LogP contribution in [0.2, 0.25) is 10.0 Å². The first kappa shape index (κ1) is 15.9. The van der Waals surface area contributed by atoms with Gasteiger partial charge in [0.15, 0.2) is 0 Å². The van der Waals surface area contributed by atoms with Crippen molar-refractivity contribution in [3.05, 3.63) is 95.0 Å². The molecule has 0 amide bonds. The average Bonchev–Trinajstić information content (AvgIpc) is 3.09. The lowest BCUT2D eigenvalue weighted by Gasteiger charge is -2.07. The minimum Gasteiger partial charge on any atom is -0.232 e. The Bertz CT molecular complexity index is 989. The first-order valence-electron chi connectivity index (χ1n) is 7.88. The zero-order valence-electron chi connectivity index (χ0n) is 13.2. The Hall–Kier alpha value is -2.55. The normalized spacial score (nSPS) is 10.8. The van der Waals surface area contributed by atoms with Gasteiger partial charge >= 0.3 is 0 Å². The quantitative estimate of drug-likeness (QED) is 0.404. The molecular weight excluding hydrogens is 351 g/mol. The van der Waals surface area contributed by atoms with Crippen molar-refractivity contribution in [2.24, 2.45) is 0 Å². The van der Waals surface area contributed by atoms with Crippen LogP contribution in [-0.2, 0) is 0 Å². The van der Waals surface area contributed by atoms with Crippen LogP contribution < -0.4 is 0 Å². The Labute approximate surface area is 156 Å². The summed E-state index contributed by atoms with van der Waals surface area (Å²) in [6.45, 7) is 0. The van der Waals surface area contributed by atoms with Gasteiger partial charge < -0.3 is 0 Å². The molecule has 0 saturated heterocycles. The number of nitrogens with zero attached hydrogens (tertiary/aromatic N) is 2. The van der Waals surface area contributed by atoms with Gasteiger partial charge in [0.05, 0.1) is 17.1 Å². The molecule has 25 heavy (non-hydrogen) atoms. The first-order chi connectivity index (χ1) is 12.2. The number of rotatable bonds is 3. The van der Waals surface area contributed by atoms with Crippen LogP contribution >= 0.6 is 23.2 Å². The van der Waals surface area contributed by atoms with Gasteiger partial charge in [-0.05, 0) is 42.5 Å². The van der Waals surface area contributed by atoms with Crippen LogP contribution in [0.15, 0.2) is 84.9 Å². The van der Waals surface area contributed by atoms with Gasteiger partial charge in [-0.2, -0.15) is 5.10 Å². The van der Waals surface area contributed by atoms with Crippen molar-refractivity contribution in [3.8, 4) is 28.2 Å². The fourth-order valence-corrected chi connectivity index (χ4v) is 2.99. The maximum atomic E-state index is 6.04. The highest BCUT2D eigenvalue weighted by atomic mass is 35.5. The van der Waals surface area contributed by atoms with Gasteiger partial charge in [0.1, 0.15) is 0 Å². The molecule has 122 valence electrons. The molecule has 3 aromatic carbocycles. The molecule has 0 N–H and O–H groups in total. The molecule has 0 unspecified atom stereocenters. The standard InChI is InChI=1S/C21H14Cl2N2/c22-17-10-6-15(7-11-17)20-14-21(16-8-12-18(23)13-9-16)25(24-20)19-4-2-1-3-5-19/h1-14H. The van der Waals surface area contributed by atoms with Crippen LogP contribution in [0.3, 0.4) is 0 Å². The third kappa shape index (κ3) is 3.32. The van der Waals surface area contributed by atoms with Crippen molar-refractivity contribution in [2.45, 2.75) is 0 Å². The molecule has 0 atom stereocenters. The molecule has 0 aliphatic carbocycles. The Morgan fingerprint density at radius 2 is 1.20 bits per heavy atom. The predicted molar refractivity (Wildman–Crippen MR) is 104 cm³/mol. The van der Waals surface area contributed by atoms with Crippen molar-refractivity contribution in [1.29, 1.82) is 0 Å². The minimum absolute atomic E-state index is 0.712. The van der Waals surface area contributed by atoms with E-state index in [0.29, 0.717) is 10.0 Å². The van der Waals surface area contributed by atoms with Crippen molar-refractivity contribution in [3.63, 3.8) is 0 Å². The van der Waals surface area contributed by atoms with Gasteiger partial charge in [-0.25, -0.2) is 4.68 Å². The number of hydrogen-bond donors (Lipinski definition) is 0. The fourth-order valence-electron chi connectivity index (χ4n) is 2.74. The van der Waals surface area contributed by atoms with Crippen LogP contribution in [0.5, 0.6) is 0 Å². The third-order valence-electron chi connectivity index (χ3n) is 3.99. The lowest BCUT2D eigenvalue weighted by atomic mass is 10.1. The summed E-state index contributed by atoms with van der Waals surface area (Å²) in [7, 11) is 0. The molecule has 1 heterocycles. The summed E-state index contributed by atoms with van der Waals surface area (Å²) < 4.78 is 1.95. The molecule has 4 rings (SSSR count). The van der Waals surface area contributed by atoms with E-state index in [4.69, 9.17) is 28.3 Å². The second-order valence-electron chi connectivity index (χ2n) is 5.68. The minimum atomic E-state index is 0.712. The summed E-state index contributed by atoms with van der Waals surface area (Å²) in [5, 5.41) is 6.25. The monoisotopic (exact) mass is 364 g/mol. The molecular formula is C21H14Cl2N2. The SMILES string of the molecule is Clc1ccc(-c2cc(-c3ccc(Cl)cc3)n(-c3ccccc3)n2)cc1. The summed E-state index contributed by atoms with van der Waals surface area (Å²) in [5.74, 6) is 0. The van der Waals surface area contributed by atoms with Crippen molar-refractivity contribution in [2.75, 3.05) is 0 Å². The number of para-hydroxylation sites is 1. The Morgan fingerprint density at radius 3 is 1.80 bits per heavy atom. The lowest BCUT2D eigenvalue weighted by molar-refractivity contribution is 0.892. The number of benzene rings is 3. The van der Waals surface area contributed by atoms with E-state index in [1.807, 2.05) is 83.5 Å². The van der Waals surface area contributed by atoms with E-state index in [1.54, 1.807) is 0 Å². The molecule has 0 bridgehead atoms. The second kappa shape index (κ2) is 6.75. The van der Waals surface area contributed by atoms with Crippen LogP contribution in [0.4, 0.5) is 0 Å². The first-order valence-corrected chi connectivity index (χ1v) is 8.64. The summed E-state index contributed by atoms with van der Waals surface area (Å²) >= 11 is 12.0. The maximum Gasteiger partial charge on any atom is 0.0934 e. The largest absolute Gasteiger partial charge is 0.232 e. The van der Waals surface area contributed by atoms with E-state index in [-0.39, 0.29) is 0 Å². The molecule has 0 aliphatic rings. The zero-order chi connectivity index (χ0) is 17.2. The smallest absolute Gasteiger partial charge is 0.0934 e. The third-order valence-corrected chi connectivity index (χ3v) is 4.49. The molecule has 0 fully saturated rings. The highest BCUT2D eigenvalue weighted by molar-refractivity contribution is 6.30. The lowest BCUT2D eigenvalue weighted by Crippen LogP contribution is -1.98. The summed E-state index contributed by atoms with van der Waals surface area (Å²) in [6, 6.07) is 27.7. The number of halogens is 2. The highest BCUT2D eigenvalue weighted by Gasteiger charge is 2.13. The Morgan fingerprint density at radius 1 is 0.640 bits per heavy atom. The van der Waals surface area contributed by atoms with Crippen molar-refractivity contribution in [1.82, 2.24) is 9.78 Å². The highest BCUT2D eigenvalue weighted by Crippen LogP contribution is 2.30. The van der Waals surface area contributed by atoms with E-state index < -0.39 is 0 Å². The maximum absolute atomic E-state index is 6.04. The molecule has 0 aliphatic heterocycles. The Balaban J connectivity index is 1.89. The molecule has 1 aromatic heterocycles. The second-order valence-corrected chi connectivity index (χ2v) is 6.55. The van der Waals surface area contributed by atoms with Gasteiger partial charge in [-0.15, -0.1) is 0 Å². The van der Waals surface area contributed by atoms with Crippen molar-refractivity contribution >= 4 is 23.2 Å². The Kier molecular flexibility index (Phi) is 4.31. The van der Waals surface area contributed by atoms with Gasteiger partial charge in [-0.3, -0.25) is 0 Å². The van der Waals surface area contributed by atoms with Gasteiger partial charge in [0, 0.05) is 21.2 Å². The number of aromatic nitrogens is 2. The van der Waals surface area contributed by atoms with Gasteiger partial charge in [-0.1, -0.05) is 65.7 Å². The van der Waals surface area contributed by atoms with E-state index in [1.165, 1.54) is 0 Å². The van der Waals surface area contributed by atoms with E-state index >= 15 is 0 Å². The topological polar surface area (TPSA) is 17.8 Å². The summed E-state index contributed by atoms with van der Waals surface area (Å²) in [5.41, 5.74) is 4.99. The molecule has 4 heteroatoms. The van der Waals surface area contributed by atoms with Crippen LogP contribution in [0, 0.1) is 0 Å². The molecule has 0 radical (unpaired) electrons. The zero-order valence-corrected chi connectivity index (χ0v) is 14.7. The van der Waals surface area contributed by atoms with E-state index in [0.717, 1.165) is 28.2 Å².